The van der Waals surface area contributed by atoms with Gasteiger partial charge in [0.1, 0.15) is 5.75 Å². The zero-order chi connectivity index (χ0) is 22.4. The monoisotopic (exact) mass is 433 g/mol. The van der Waals surface area contributed by atoms with Gasteiger partial charge in [-0.3, -0.25) is 9.52 Å². The zero-order valence-electron chi connectivity index (χ0n) is 17.5. The molecule has 31 heavy (non-hydrogen) atoms. The molecule has 2 N–H and O–H groups in total. The molecule has 3 aromatic carbocycles. The Labute approximate surface area is 182 Å². The number of carbonyl (C=O) groups excluding carboxylic acids is 1. The fraction of sp³-hybridized carbons (Fsp3) is 0.160. The van der Waals surface area contributed by atoms with Crippen LogP contribution in [0.5, 0.6) is 5.75 Å². The van der Waals surface area contributed by atoms with Crippen molar-refractivity contribution in [2.75, 3.05) is 4.72 Å². The van der Waals surface area contributed by atoms with Gasteiger partial charge in [0.25, 0.3) is 10.0 Å². The van der Waals surface area contributed by atoms with Crippen LogP contribution >= 0.6 is 0 Å². The lowest BCUT2D eigenvalue weighted by Crippen LogP contribution is -2.37. The summed E-state index contributed by atoms with van der Waals surface area (Å²) in [4.78, 5) is 13.4. The van der Waals surface area contributed by atoms with Crippen LogP contribution in [0.1, 0.15) is 36.1 Å². The molecule has 0 saturated carbocycles. The summed E-state index contributed by atoms with van der Waals surface area (Å²) in [5.41, 5.74) is 2.66. The van der Waals surface area contributed by atoms with E-state index in [4.69, 9.17) is 0 Å². The first-order valence-corrected chi connectivity index (χ1v) is 11.4. The van der Waals surface area contributed by atoms with Crippen LogP contribution < -0.4 is 4.72 Å². The molecule has 0 spiro atoms. The molecule has 0 heterocycles. The maximum Gasteiger partial charge on any atom is 0.261 e. The van der Waals surface area contributed by atoms with E-state index >= 15 is 0 Å². The van der Waals surface area contributed by atoms with E-state index in [1.807, 2.05) is 37.3 Å². The van der Waals surface area contributed by atoms with Gasteiger partial charge in [0.15, 0.2) is 5.78 Å². The second kappa shape index (κ2) is 7.39. The normalized spacial score (nSPS) is 18.3. The Kier molecular flexibility index (Phi) is 4.98. The Morgan fingerprint density at radius 2 is 1.58 bits per heavy atom. The lowest BCUT2D eigenvalue weighted by molar-refractivity contribution is -0.119. The lowest BCUT2D eigenvalue weighted by Gasteiger charge is -2.35. The van der Waals surface area contributed by atoms with E-state index in [9.17, 15) is 18.3 Å². The highest BCUT2D eigenvalue weighted by molar-refractivity contribution is 7.92. The molecule has 5 nitrogen and oxygen atoms in total. The third-order valence-corrected chi connectivity index (χ3v) is 7.20. The first-order chi connectivity index (χ1) is 14.6. The van der Waals surface area contributed by atoms with Gasteiger partial charge in [-0.05, 0) is 73.9 Å². The number of hydrogen-bond donors (Lipinski definition) is 2. The standard InChI is InChI=1S/C25H23NO4S/c1-16-8-11-20(12-9-16)31(29,30)26-19-10-13-23(27)22(15-19)25(3)21-7-5-4-6-18(21)14-17(2)24(25)28/h4-15,26-27H,1-3H3/t25-/m1/s1. The van der Waals surface area contributed by atoms with Crippen LogP contribution in [0.4, 0.5) is 5.69 Å². The van der Waals surface area contributed by atoms with Gasteiger partial charge in [-0.25, -0.2) is 8.42 Å². The number of fused-ring (bicyclic) bond motifs is 1. The molecule has 4 rings (SSSR count). The molecule has 3 aromatic rings. The number of ketones is 1. The van der Waals surface area contributed by atoms with E-state index in [0.29, 0.717) is 11.1 Å². The van der Waals surface area contributed by atoms with Crippen LogP contribution in [0.25, 0.3) is 6.08 Å². The first-order valence-electron chi connectivity index (χ1n) is 9.88. The third kappa shape index (κ3) is 3.53. The van der Waals surface area contributed by atoms with Crippen molar-refractivity contribution in [3.63, 3.8) is 0 Å². The van der Waals surface area contributed by atoms with Crippen LogP contribution in [-0.2, 0) is 20.2 Å². The Morgan fingerprint density at radius 3 is 2.29 bits per heavy atom. The number of aromatic hydroxyl groups is 1. The van der Waals surface area contributed by atoms with Crippen LogP contribution in [-0.4, -0.2) is 19.3 Å². The summed E-state index contributed by atoms with van der Waals surface area (Å²) in [5, 5.41) is 10.7. The van der Waals surface area contributed by atoms with Crippen molar-refractivity contribution in [3.8, 4) is 5.75 Å². The predicted octanol–water partition coefficient (Wildman–Crippen LogP) is 4.79. The molecule has 0 fully saturated rings. The zero-order valence-corrected chi connectivity index (χ0v) is 18.3. The summed E-state index contributed by atoms with van der Waals surface area (Å²) in [5.74, 6) is -0.210. The van der Waals surface area contributed by atoms with Gasteiger partial charge in [-0.2, -0.15) is 0 Å². The van der Waals surface area contributed by atoms with Crippen molar-refractivity contribution in [2.45, 2.75) is 31.1 Å². The van der Waals surface area contributed by atoms with Crippen molar-refractivity contribution < 1.29 is 18.3 Å². The molecule has 0 aliphatic heterocycles. The fourth-order valence-electron chi connectivity index (χ4n) is 4.09. The molecule has 0 radical (unpaired) electrons. The minimum Gasteiger partial charge on any atom is -0.508 e. The van der Waals surface area contributed by atoms with Crippen molar-refractivity contribution in [2.24, 2.45) is 0 Å². The summed E-state index contributed by atoms with van der Waals surface area (Å²) >= 11 is 0. The van der Waals surface area contributed by atoms with Crippen molar-refractivity contribution in [1.29, 1.82) is 0 Å². The molecule has 1 aliphatic carbocycles. The predicted molar refractivity (Wildman–Crippen MR) is 122 cm³/mol. The number of carbonyl (C=O) groups is 1. The van der Waals surface area contributed by atoms with Gasteiger partial charge in [0.05, 0.1) is 10.3 Å². The lowest BCUT2D eigenvalue weighted by atomic mass is 9.66. The second-order valence-corrected chi connectivity index (χ2v) is 9.70. The van der Waals surface area contributed by atoms with E-state index in [2.05, 4.69) is 4.72 Å². The van der Waals surface area contributed by atoms with Gasteiger partial charge in [-0.1, -0.05) is 42.0 Å². The Bertz CT molecular complexity index is 1320. The molecule has 0 bridgehead atoms. The molecule has 1 aliphatic rings. The topological polar surface area (TPSA) is 83.5 Å². The first kappa shape index (κ1) is 20.9. The Balaban J connectivity index is 1.81. The summed E-state index contributed by atoms with van der Waals surface area (Å²) < 4.78 is 28.2. The molecule has 158 valence electrons. The fourth-order valence-corrected chi connectivity index (χ4v) is 5.14. The number of nitrogens with one attached hydrogen (secondary N) is 1. The maximum absolute atomic E-state index is 13.3. The summed E-state index contributed by atoms with van der Waals surface area (Å²) in [6.45, 7) is 5.39. The number of anilines is 1. The average molecular weight is 434 g/mol. The molecule has 0 amide bonds. The number of allylic oxidation sites excluding steroid dienone is 1. The number of aryl methyl sites for hydroxylation is 1. The summed E-state index contributed by atoms with van der Waals surface area (Å²) in [7, 11) is -3.82. The van der Waals surface area contributed by atoms with E-state index in [1.54, 1.807) is 26.0 Å². The SMILES string of the molecule is CC1=Cc2ccccc2[C@](C)(c2cc(NS(=O)(=O)c3ccc(C)cc3)ccc2O)C1=O. The summed E-state index contributed by atoms with van der Waals surface area (Å²) in [6.07, 6.45) is 1.83. The number of sulfonamides is 1. The third-order valence-electron chi connectivity index (χ3n) is 5.80. The maximum atomic E-state index is 13.3. The number of rotatable bonds is 4. The largest absolute Gasteiger partial charge is 0.508 e. The van der Waals surface area contributed by atoms with Crippen LogP contribution in [0, 0.1) is 6.92 Å². The number of Topliss-reactive ketones (excluding diaryl/α,β-unsaturated/α-hetero) is 1. The molecule has 0 saturated heterocycles. The smallest absolute Gasteiger partial charge is 0.261 e. The minimum atomic E-state index is -3.82. The average Bonchev–Trinajstić information content (AvgIpc) is 2.74. The van der Waals surface area contributed by atoms with E-state index in [0.717, 1.165) is 16.7 Å². The van der Waals surface area contributed by atoms with Crippen LogP contribution in [0.2, 0.25) is 0 Å². The Hall–Kier alpha value is -3.38. The van der Waals surface area contributed by atoms with Gasteiger partial charge >= 0.3 is 0 Å². The molecule has 0 unspecified atom stereocenters. The molecule has 1 atom stereocenters. The van der Waals surface area contributed by atoms with Crippen LogP contribution in [0.3, 0.4) is 0 Å². The van der Waals surface area contributed by atoms with Crippen LogP contribution in [0.15, 0.2) is 77.2 Å². The van der Waals surface area contributed by atoms with E-state index in [1.165, 1.54) is 30.3 Å². The minimum absolute atomic E-state index is 0.0707. The van der Waals surface area contributed by atoms with Gasteiger partial charge < -0.3 is 5.11 Å². The van der Waals surface area contributed by atoms with Gasteiger partial charge in [0, 0.05) is 11.3 Å². The van der Waals surface area contributed by atoms with E-state index in [-0.39, 0.29) is 22.1 Å². The molecular formula is C25H23NO4S. The highest BCUT2D eigenvalue weighted by Gasteiger charge is 2.43. The number of benzene rings is 3. The molecular weight excluding hydrogens is 410 g/mol. The van der Waals surface area contributed by atoms with Gasteiger partial charge in [-0.15, -0.1) is 0 Å². The highest BCUT2D eigenvalue weighted by atomic mass is 32.2. The second-order valence-electron chi connectivity index (χ2n) is 8.02. The van der Waals surface area contributed by atoms with Crippen molar-refractivity contribution >= 4 is 27.6 Å². The van der Waals surface area contributed by atoms with Crippen molar-refractivity contribution in [3.05, 3.63) is 94.6 Å². The number of phenols is 1. The number of phenolic OH excluding ortho intramolecular Hbond substituents is 1. The quantitative estimate of drug-likeness (QED) is 0.579. The van der Waals surface area contributed by atoms with E-state index < -0.39 is 15.4 Å². The molecule has 6 heteroatoms. The number of hydrogen-bond acceptors (Lipinski definition) is 4. The summed E-state index contributed by atoms with van der Waals surface area (Å²) in [6, 6.07) is 18.5. The van der Waals surface area contributed by atoms with Crippen molar-refractivity contribution in [1.82, 2.24) is 0 Å². The highest BCUT2D eigenvalue weighted by Crippen LogP contribution is 2.45. The van der Waals surface area contributed by atoms with Gasteiger partial charge in [0.2, 0.25) is 0 Å². The molecule has 0 aromatic heterocycles. The Morgan fingerprint density at radius 1 is 0.903 bits per heavy atom.